The zero-order valence-corrected chi connectivity index (χ0v) is 8.89. The molecule has 0 atom stereocenters. The van der Waals surface area contributed by atoms with Crippen molar-refractivity contribution in [2.24, 2.45) is 0 Å². The Hall–Kier alpha value is -1.03. The van der Waals surface area contributed by atoms with Crippen molar-refractivity contribution in [1.82, 2.24) is 10.6 Å². The van der Waals surface area contributed by atoms with Crippen LogP contribution in [0.15, 0.2) is 28.7 Å². The number of hydrogen-bond donors (Lipinski definition) is 2. The topological polar surface area (TPSA) is 41.1 Å². The van der Waals surface area contributed by atoms with Crippen molar-refractivity contribution < 1.29 is 4.79 Å². The molecule has 2 N–H and O–H groups in total. The third-order valence-corrected chi connectivity index (χ3v) is 2.40. The summed E-state index contributed by atoms with van der Waals surface area (Å²) in [6, 6.07) is 7.61. The van der Waals surface area contributed by atoms with Crippen LogP contribution < -0.4 is 10.6 Å². The first-order valence-corrected chi connectivity index (χ1v) is 4.72. The molecular formula is C9H11BrN2O. The zero-order valence-electron chi connectivity index (χ0n) is 7.30. The average Bonchev–Trinajstić information content (AvgIpc) is 2.16. The highest BCUT2D eigenvalue weighted by molar-refractivity contribution is 9.10. The number of rotatable bonds is 2. The van der Waals surface area contributed by atoms with Crippen LogP contribution in [-0.4, -0.2) is 13.1 Å². The molecule has 3 nitrogen and oxygen atoms in total. The molecule has 0 heterocycles. The van der Waals surface area contributed by atoms with Crippen molar-refractivity contribution in [2.45, 2.75) is 6.54 Å². The van der Waals surface area contributed by atoms with Crippen LogP contribution in [0.2, 0.25) is 0 Å². The largest absolute Gasteiger partial charge is 0.341 e. The Morgan fingerprint density at radius 2 is 2.15 bits per heavy atom. The molecule has 2 amide bonds. The maximum absolute atomic E-state index is 10.9. The summed E-state index contributed by atoms with van der Waals surface area (Å²) in [4.78, 5) is 10.9. The van der Waals surface area contributed by atoms with E-state index in [1.807, 2.05) is 24.3 Å². The van der Waals surface area contributed by atoms with Gasteiger partial charge in [0.15, 0.2) is 0 Å². The van der Waals surface area contributed by atoms with E-state index in [4.69, 9.17) is 0 Å². The summed E-state index contributed by atoms with van der Waals surface area (Å²) in [6.07, 6.45) is 0. The van der Waals surface area contributed by atoms with E-state index < -0.39 is 0 Å². The van der Waals surface area contributed by atoms with Crippen LogP contribution in [-0.2, 0) is 6.54 Å². The first-order chi connectivity index (χ1) is 6.24. The van der Waals surface area contributed by atoms with Crippen LogP contribution in [0.4, 0.5) is 4.79 Å². The molecule has 0 unspecified atom stereocenters. The molecule has 0 bridgehead atoms. The summed E-state index contributed by atoms with van der Waals surface area (Å²) in [6.45, 7) is 0.529. The number of halogens is 1. The van der Waals surface area contributed by atoms with Crippen LogP contribution in [0.1, 0.15) is 5.56 Å². The number of amides is 2. The van der Waals surface area contributed by atoms with Crippen LogP contribution in [0.5, 0.6) is 0 Å². The highest BCUT2D eigenvalue weighted by Gasteiger charge is 1.99. The Kier molecular flexibility index (Phi) is 3.76. The standard InChI is InChI=1S/C9H11BrN2O/c1-11-9(13)12-6-7-4-2-3-5-8(7)10/h2-5H,6H2,1H3,(H2,11,12,13). The van der Waals surface area contributed by atoms with Gasteiger partial charge in [-0.05, 0) is 11.6 Å². The monoisotopic (exact) mass is 242 g/mol. The van der Waals surface area contributed by atoms with E-state index in [1.54, 1.807) is 7.05 Å². The smallest absolute Gasteiger partial charge is 0.314 e. The number of benzene rings is 1. The molecule has 0 fully saturated rings. The molecule has 0 aliphatic rings. The fourth-order valence-corrected chi connectivity index (χ4v) is 1.33. The molecule has 0 spiro atoms. The van der Waals surface area contributed by atoms with Crippen LogP contribution in [0, 0.1) is 0 Å². The Balaban J connectivity index is 2.54. The molecule has 1 aromatic rings. The van der Waals surface area contributed by atoms with Gasteiger partial charge in [0.2, 0.25) is 0 Å². The van der Waals surface area contributed by atoms with Crippen LogP contribution >= 0.6 is 15.9 Å². The van der Waals surface area contributed by atoms with Crippen molar-refractivity contribution in [1.29, 1.82) is 0 Å². The molecule has 0 radical (unpaired) electrons. The lowest BCUT2D eigenvalue weighted by Gasteiger charge is -2.05. The van der Waals surface area contributed by atoms with Gasteiger partial charge in [-0.3, -0.25) is 0 Å². The molecule has 1 rings (SSSR count). The lowest BCUT2D eigenvalue weighted by atomic mass is 10.2. The summed E-state index contributed by atoms with van der Waals surface area (Å²) in [5, 5.41) is 5.20. The maximum Gasteiger partial charge on any atom is 0.314 e. The summed E-state index contributed by atoms with van der Waals surface area (Å²) < 4.78 is 1.01. The Morgan fingerprint density at radius 1 is 1.46 bits per heavy atom. The van der Waals surface area contributed by atoms with Gasteiger partial charge in [0.25, 0.3) is 0 Å². The lowest BCUT2D eigenvalue weighted by Crippen LogP contribution is -2.32. The van der Waals surface area contributed by atoms with Crippen molar-refractivity contribution >= 4 is 22.0 Å². The minimum absolute atomic E-state index is 0.171. The Labute approximate surface area is 85.7 Å². The summed E-state index contributed by atoms with van der Waals surface area (Å²) >= 11 is 3.40. The first kappa shape index (κ1) is 10.1. The molecular weight excluding hydrogens is 232 g/mol. The average molecular weight is 243 g/mol. The van der Waals surface area contributed by atoms with E-state index in [2.05, 4.69) is 26.6 Å². The van der Waals surface area contributed by atoms with E-state index in [-0.39, 0.29) is 6.03 Å². The molecule has 0 saturated heterocycles. The van der Waals surface area contributed by atoms with Crippen LogP contribution in [0.3, 0.4) is 0 Å². The van der Waals surface area contributed by atoms with Crippen molar-refractivity contribution in [3.63, 3.8) is 0 Å². The van der Waals surface area contributed by atoms with Gasteiger partial charge in [0, 0.05) is 18.1 Å². The van der Waals surface area contributed by atoms with Gasteiger partial charge >= 0.3 is 6.03 Å². The van der Waals surface area contributed by atoms with Gasteiger partial charge in [-0.1, -0.05) is 34.1 Å². The van der Waals surface area contributed by atoms with Crippen molar-refractivity contribution in [3.8, 4) is 0 Å². The Bertz CT molecular complexity index is 301. The fraction of sp³-hybridized carbons (Fsp3) is 0.222. The molecule has 13 heavy (non-hydrogen) atoms. The van der Waals surface area contributed by atoms with E-state index in [9.17, 15) is 4.79 Å². The first-order valence-electron chi connectivity index (χ1n) is 3.93. The summed E-state index contributed by atoms with van der Waals surface area (Å²) in [5.41, 5.74) is 1.06. The minimum atomic E-state index is -0.171. The van der Waals surface area contributed by atoms with Gasteiger partial charge in [-0.2, -0.15) is 0 Å². The number of carbonyl (C=O) groups is 1. The van der Waals surface area contributed by atoms with Gasteiger partial charge < -0.3 is 10.6 Å². The van der Waals surface area contributed by atoms with Crippen LogP contribution in [0.25, 0.3) is 0 Å². The summed E-state index contributed by atoms with van der Waals surface area (Å²) in [7, 11) is 1.59. The Morgan fingerprint density at radius 3 is 2.77 bits per heavy atom. The quantitative estimate of drug-likeness (QED) is 0.818. The maximum atomic E-state index is 10.9. The fourth-order valence-electron chi connectivity index (χ4n) is 0.906. The number of nitrogens with one attached hydrogen (secondary N) is 2. The molecule has 0 aliphatic carbocycles. The molecule has 0 saturated carbocycles. The van der Waals surface area contributed by atoms with E-state index >= 15 is 0 Å². The number of hydrogen-bond acceptors (Lipinski definition) is 1. The molecule has 70 valence electrons. The minimum Gasteiger partial charge on any atom is -0.341 e. The second-order valence-corrected chi connectivity index (χ2v) is 3.38. The normalized spacial score (nSPS) is 9.38. The predicted molar refractivity (Wildman–Crippen MR) is 55.4 cm³/mol. The number of urea groups is 1. The van der Waals surface area contributed by atoms with Gasteiger partial charge in [0.1, 0.15) is 0 Å². The lowest BCUT2D eigenvalue weighted by molar-refractivity contribution is 0.242. The highest BCUT2D eigenvalue weighted by Crippen LogP contribution is 2.14. The highest BCUT2D eigenvalue weighted by atomic mass is 79.9. The third-order valence-electron chi connectivity index (χ3n) is 1.62. The molecule has 0 aliphatic heterocycles. The SMILES string of the molecule is CNC(=O)NCc1ccccc1Br. The van der Waals surface area contributed by atoms with Gasteiger partial charge in [-0.25, -0.2) is 4.79 Å². The molecule has 0 aromatic heterocycles. The van der Waals surface area contributed by atoms with Gasteiger partial charge in [0.05, 0.1) is 0 Å². The van der Waals surface area contributed by atoms with E-state index in [0.717, 1.165) is 10.0 Å². The predicted octanol–water partition coefficient (Wildman–Crippen LogP) is 1.88. The second kappa shape index (κ2) is 4.87. The molecule has 1 aromatic carbocycles. The zero-order chi connectivity index (χ0) is 9.68. The molecule has 4 heteroatoms. The third kappa shape index (κ3) is 3.06. The van der Waals surface area contributed by atoms with E-state index in [1.165, 1.54) is 0 Å². The van der Waals surface area contributed by atoms with Gasteiger partial charge in [-0.15, -0.1) is 0 Å². The van der Waals surface area contributed by atoms with Crippen molar-refractivity contribution in [3.05, 3.63) is 34.3 Å². The van der Waals surface area contributed by atoms with E-state index in [0.29, 0.717) is 6.54 Å². The van der Waals surface area contributed by atoms with Crippen molar-refractivity contribution in [2.75, 3.05) is 7.05 Å². The second-order valence-electron chi connectivity index (χ2n) is 2.52. The summed E-state index contributed by atoms with van der Waals surface area (Å²) in [5.74, 6) is 0. The number of carbonyl (C=O) groups excluding carboxylic acids is 1.